The maximum atomic E-state index is 11.0. The zero-order valence-electron chi connectivity index (χ0n) is 7.13. The lowest BCUT2D eigenvalue weighted by molar-refractivity contribution is 0.101. The van der Waals surface area contributed by atoms with Gasteiger partial charge in [0, 0.05) is 11.1 Å². The average Bonchev–Trinajstić information content (AvgIpc) is 2.03. The molecule has 1 aromatic rings. The van der Waals surface area contributed by atoms with Crippen molar-refractivity contribution in [3.63, 3.8) is 0 Å². The molecule has 0 saturated carbocycles. The molecule has 0 amide bonds. The molecule has 12 heavy (non-hydrogen) atoms. The van der Waals surface area contributed by atoms with Gasteiger partial charge in [0.1, 0.15) is 6.29 Å². The number of benzene rings is 1. The van der Waals surface area contributed by atoms with E-state index in [1.165, 1.54) is 6.92 Å². The van der Waals surface area contributed by atoms with Gasteiger partial charge in [-0.25, -0.2) is 0 Å². The van der Waals surface area contributed by atoms with Gasteiger partial charge in [0.15, 0.2) is 5.78 Å². The first-order valence-electron chi connectivity index (χ1n) is 3.72. The van der Waals surface area contributed by atoms with Crippen molar-refractivity contribution in [1.82, 2.24) is 0 Å². The van der Waals surface area contributed by atoms with Crippen LogP contribution in [0.3, 0.4) is 0 Å². The van der Waals surface area contributed by atoms with Crippen LogP contribution in [0.5, 0.6) is 0 Å². The number of aryl methyl sites for hydroxylation is 1. The summed E-state index contributed by atoms with van der Waals surface area (Å²) in [5.74, 6) is 0.0324. The van der Waals surface area contributed by atoms with Gasteiger partial charge in [0.05, 0.1) is 0 Å². The number of hydrogen-bond donors (Lipinski definition) is 0. The summed E-state index contributed by atoms with van der Waals surface area (Å²) in [4.78, 5) is 21.3. The maximum absolute atomic E-state index is 11.0. The van der Waals surface area contributed by atoms with Gasteiger partial charge in [-0.05, 0) is 25.5 Å². The summed E-state index contributed by atoms with van der Waals surface area (Å²) in [5, 5.41) is 0. The van der Waals surface area contributed by atoms with E-state index >= 15 is 0 Å². The summed E-state index contributed by atoms with van der Waals surface area (Å²) in [7, 11) is 0. The van der Waals surface area contributed by atoms with Crippen LogP contribution in [0.1, 0.15) is 33.2 Å². The minimum absolute atomic E-state index is 0.0324. The molecule has 0 aliphatic carbocycles. The van der Waals surface area contributed by atoms with Crippen LogP contribution >= 0.6 is 0 Å². The van der Waals surface area contributed by atoms with Crippen LogP contribution in [-0.4, -0.2) is 12.1 Å². The van der Waals surface area contributed by atoms with E-state index in [0.29, 0.717) is 11.1 Å². The van der Waals surface area contributed by atoms with Crippen LogP contribution < -0.4 is 0 Å². The Bertz CT molecular complexity index is 327. The molecule has 0 spiro atoms. The van der Waals surface area contributed by atoms with Crippen molar-refractivity contribution < 1.29 is 9.59 Å². The quantitative estimate of drug-likeness (QED) is 0.492. The van der Waals surface area contributed by atoms with Crippen molar-refractivity contribution in [2.45, 2.75) is 13.8 Å². The van der Waals surface area contributed by atoms with Gasteiger partial charge in [-0.1, -0.05) is 12.1 Å². The highest BCUT2D eigenvalue weighted by atomic mass is 16.1. The van der Waals surface area contributed by atoms with Crippen LogP contribution in [0.2, 0.25) is 0 Å². The maximum Gasteiger partial charge on any atom is 0.160 e. The van der Waals surface area contributed by atoms with E-state index in [0.717, 1.165) is 11.8 Å². The standard InChI is InChI=1S/C10H10O2/c1-7-5-9(6-11)3-4-10(7)8(2)12/h3-6H,1-2H3. The van der Waals surface area contributed by atoms with Crippen molar-refractivity contribution in [3.8, 4) is 0 Å². The first kappa shape index (κ1) is 8.65. The van der Waals surface area contributed by atoms with Crippen LogP contribution in [0, 0.1) is 6.92 Å². The molecule has 0 fully saturated rings. The zero-order chi connectivity index (χ0) is 9.14. The Hall–Kier alpha value is -1.44. The lowest BCUT2D eigenvalue weighted by Crippen LogP contribution is -1.96. The molecule has 0 heterocycles. The molecule has 0 N–H and O–H groups in total. The molecule has 0 unspecified atom stereocenters. The van der Waals surface area contributed by atoms with E-state index in [1.807, 2.05) is 6.92 Å². The predicted molar refractivity (Wildman–Crippen MR) is 46.6 cm³/mol. The molecule has 0 atom stereocenters. The molecular weight excluding hydrogens is 152 g/mol. The molecule has 0 aromatic heterocycles. The molecule has 0 aliphatic rings. The lowest BCUT2D eigenvalue weighted by Gasteiger charge is -2.00. The van der Waals surface area contributed by atoms with Crippen molar-refractivity contribution in [1.29, 1.82) is 0 Å². The van der Waals surface area contributed by atoms with Gasteiger partial charge in [-0.15, -0.1) is 0 Å². The Morgan fingerprint density at radius 3 is 2.50 bits per heavy atom. The van der Waals surface area contributed by atoms with Crippen molar-refractivity contribution in [2.24, 2.45) is 0 Å². The third kappa shape index (κ3) is 1.59. The summed E-state index contributed by atoms with van der Waals surface area (Å²) in [6, 6.07) is 5.04. The van der Waals surface area contributed by atoms with E-state index in [-0.39, 0.29) is 5.78 Å². The Balaban J connectivity index is 3.20. The molecular formula is C10H10O2. The SMILES string of the molecule is CC(=O)c1ccc(C=O)cc1C. The smallest absolute Gasteiger partial charge is 0.160 e. The number of Topliss-reactive ketones (excluding diaryl/α,β-unsaturated/α-hetero) is 1. The average molecular weight is 162 g/mol. The number of carbonyl (C=O) groups excluding carboxylic acids is 2. The third-order valence-corrected chi connectivity index (χ3v) is 1.77. The van der Waals surface area contributed by atoms with Crippen LogP contribution in [0.4, 0.5) is 0 Å². The Labute approximate surface area is 71.2 Å². The minimum atomic E-state index is 0.0324. The number of carbonyl (C=O) groups is 2. The second kappa shape index (κ2) is 3.30. The fraction of sp³-hybridized carbons (Fsp3) is 0.200. The Kier molecular flexibility index (Phi) is 2.38. The number of aldehydes is 1. The van der Waals surface area contributed by atoms with E-state index < -0.39 is 0 Å². The van der Waals surface area contributed by atoms with E-state index in [1.54, 1.807) is 18.2 Å². The largest absolute Gasteiger partial charge is 0.298 e. The molecule has 1 rings (SSSR count). The fourth-order valence-electron chi connectivity index (χ4n) is 1.16. The first-order chi connectivity index (χ1) is 5.65. The van der Waals surface area contributed by atoms with Gasteiger partial charge in [0.2, 0.25) is 0 Å². The van der Waals surface area contributed by atoms with Crippen LogP contribution in [0.25, 0.3) is 0 Å². The number of hydrogen-bond acceptors (Lipinski definition) is 2. The van der Waals surface area contributed by atoms with Crippen molar-refractivity contribution in [3.05, 3.63) is 34.9 Å². The van der Waals surface area contributed by atoms with E-state index in [4.69, 9.17) is 0 Å². The highest BCUT2D eigenvalue weighted by Crippen LogP contribution is 2.10. The molecule has 0 radical (unpaired) electrons. The van der Waals surface area contributed by atoms with E-state index in [9.17, 15) is 9.59 Å². The van der Waals surface area contributed by atoms with Gasteiger partial charge in [-0.2, -0.15) is 0 Å². The summed E-state index contributed by atoms with van der Waals surface area (Å²) in [6.07, 6.45) is 0.775. The third-order valence-electron chi connectivity index (χ3n) is 1.77. The molecule has 0 bridgehead atoms. The molecule has 62 valence electrons. The van der Waals surface area contributed by atoms with Crippen LogP contribution in [-0.2, 0) is 0 Å². The van der Waals surface area contributed by atoms with Crippen molar-refractivity contribution >= 4 is 12.1 Å². The topological polar surface area (TPSA) is 34.1 Å². The monoisotopic (exact) mass is 162 g/mol. The highest BCUT2D eigenvalue weighted by molar-refractivity contribution is 5.96. The summed E-state index contributed by atoms with van der Waals surface area (Å²) >= 11 is 0. The Morgan fingerprint density at radius 1 is 1.42 bits per heavy atom. The minimum Gasteiger partial charge on any atom is -0.298 e. The Morgan fingerprint density at radius 2 is 2.08 bits per heavy atom. The summed E-state index contributed by atoms with van der Waals surface area (Å²) < 4.78 is 0. The van der Waals surface area contributed by atoms with Gasteiger partial charge in [-0.3, -0.25) is 9.59 Å². The summed E-state index contributed by atoms with van der Waals surface area (Å²) in [6.45, 7) is 3.34. The molecule has 0 aliphatic heterocycles. The van der Waals surface area contributed by atoms with Gasteiger partial charge in [0.25, 0.3) is 0 Å². The highest BCUT2D eigenvalue weighted by Gasteiger charge is 2.03. The number of ketones is 1. The first-order valence-corrected chi connectivity index (χ1v) is 3.72. The second-order valence-corrected chi connectivity index (χ2v) is 2.75. The summed E-state index contributed by atoms with van der Waals surface area (Å²) in [5.41, 5.74) is 2.14. The number of rotatable bonds is 2. The van der Waals surface area contributed by atoms with Crippen LogP contribution in [0.15, 0.2) is 18.2 Å². The van der Waals surface area contributed by atoms with Gasteiger partial charge < -0.3 is 0 Å². The van der Waals surface area contributed by atoms with Crippen molar-refractivity contribution in [2.75, 3.05) is 0 Å². The lowest BCUT2D eigenvalue weighted by atomic mass is 10.0. The molecule has 1 aromatic carbocycles. The second-order valence-electron chi connectivity index (χ2n) is 2.75. The zero-order valence-corrected chi connectivity index (χ0v) is 7.13. The van der Waals surface area contributed by atoms with Gasteiger partial charge >= 0.3 is 0 Å². The fourth-order valence-corrected chi connectivity index (χ4v) is 1.16. The predicted octanol–water partition coefficient (Wildman–Crippen LogP) is 2.01. The molecule has 2 nitrogen and oxygen atoms in total. The normalized spacial score (nSPS) is 9.50. The van der Waals surface area contributed by atoms with E-state index in [2.05, 4.69) is 0 Å². The molecule has 2 heteroatoms. The molecule has 0 saturated heterocycles.